The Morgan fingerprint density at radius 2 is 1.78 bits per heavy atom. The van der Waals surface area contributed by atoms with Crippen molar-refractivity contribution in [2.24, 2.45) is 0 Å². The van der Waals surface area contributed by atoms with Crippen LogP contribution in [0.1, 0.15) is 16.1 Å². The molecule has 0 radical (unpaired) electrons. The number of carbonyl (C=O) groups excluding carboxylic acids is 1. The molecule has 1 heterocycles. The van der Waals surface area contributed by atoms with E-state index >= 15 is 0 Å². The zero-order chi connectivity index (χ0) is 16.2. The summed E-state index contributed by atoms with van der Waals surface area (Å²) in [6, 6.07) is 17.6. The van der Waals surface area contributed by atoms with Crippen LogP contribution in [0.5, 0.6) is 5.75 Å². The van der Waals surface area contributed by atoms with Gasteiger partial charge in [-0.2, -0.15) is 0 Å². The Morgan fingerprint density at radius 3 is 2.52 bits per heavy atom. The van der Waals surface area contributed by atoms with Crippen molar-refractivity contribution in [1.82, 2.24) is 9.88 Å². The van der Waals surface area contributed by atoms with Gasteiger partial charge in [0.15, 0.2) is 0 Å². The molecule has 3 rings (SSSR count). The Hall–Kier alpha value is -2.75. The van der Waals surface area contributed by atoms with Crippen LogP contribution < -0.4 is 4.74 Å². The Kier molecular flexibility index (Phi) is 4.33. The number of nitrogens with one attached hydrogen (secondary N) is 1. The van der Waals surface area contributed by atoms with Crippen LogP contribution in [-0.4, -0.2) is 36.0 Å². The molecule has 0 saturated carbocycles. The monoisotopic (exact) mass is 308 g/mol. The summed E-state index contributed by atoms with van der Waals surface area (Å²) in [5.41, 5.74) is 2.62. The summed E-state index contributed by atoms with van der Waals surface area (Å²) in [6.07, 6.45) is 0. The second-order valence-corrected chi connectivity index (χ2v) is 5.56. The highest BCUT2D eigenvalue weighted by Crippen LogP contribution is 2.22. The fourth-order valence-corrected chi connectivity index (χ4v) is 2.61. The predicted octanol–water partition coefficient (Wildman–Crippen LogP) is 3.63. The van der Waals surface area contributed by atoms with Gasteiger partial charge >= 0.3 is 0 Å². The van der Waals surface area contributed by atoms with Crippen LogP contribution in [0.3, 0.4) is 0 Å². The van der Waals surface area contributed by atoms with Crippen molar-refractivity contribution in [2.75, 3.05) is 20.2 Å². The lowest BCUT2D eigenvalue weighted by Gasteiger charge is -2.17. The maximum Gasteiger partial charge on any atom is 0.270 e. The average molecular weight is 308 g/mol. The van der Waals surface area contributed by atoms with E-state index in [1.54, 1.807) is 11.9 Å². The van der Waals surface area contributed by atoms with Gasteiger partial charge in [0.2, 0.25) is 0 Å². The van der Waals surface area contributed by atoms with E-state index in [0.717, 1.165) is 22.2 Å². The van der Waals surface area contributed by atoms with E-state index in [1.165, 1.54) is 0 Å². The molecule has 1 aromatic heterocycles. The summed E-state index contributed by atoms with van der Waals surface area (Å²) in [6.45, 7) is 2.97. The fourth-order valence-electron chi connectivity index (χ4n) is 2.61. The second kappa shape index (κ2) is 6.57. The fraction of sp³-hybridized carbons (Fsp3) is 0.211. The number of aryl methyl sites for hydroxylation is 1. The van der Waals surface area contributed by atoms with Gasteiger partial charge in [0.25, 0.3) is 5.91 Å². The maximum absolute atomic E-state index is 12.6. The molecule has 0 unspecified atom stereocenters. The molecule has 0 spiro atoms. The molecule has 1 N–H and O–H groups in total. The Balaban J connectivity index is 1.65. The summed E-state index contributed by atoms with van der Waals surface area (Å²) >= 11 is 0. The molecular weight excluding hydrogens is 288 g/mol. The van der Waals surface area contributed by atoms with Crippen molar-refractivity contribution < 1.29 is 9.53 Å². The van der Waals surface area contributed by atoms with Gasteiger partial charge in [-0.05, 0) is 30.7 Å². The number of para-hydroxylation sites is 2. The predicted molar refractivity (Wildman–Crippen MR) is 91.9 cm³/mol. The number of amides is 1. The Labute approximate surface area is 135 Å². The molecule has 23 heavy (non-hydrogen) atoms. The molecule has 0 aliphatic heterocycles. The molecule has 2 aromatic carbocycles. The maximum atomic E-state index is 12.6. The number of ether oxygens (including phenoxy) is 1. The molecule has 3 aromatic rings. The third-order valence-electron chi connectivity index (χ3n) is 3.96. The lowest BCUT2D eigenvalue weighted by molar-refractivity contribution is 0.0768. The van der Waals surface area contributed by atoms with Gasteiger partial charge in [0, 0.05) is 18.0 Å². The number of benzene rings is 2. The molecule has 0 bridgehead atoms. The van der Waals surface area contributed by atoms with Gasteiger partial charge in [-0.25, -0.2) is 0 Å². The van der Waals surface area contributed by atoms with E-state index in [-0.39, 0.29) is 5.91 Å². The third kappa shape index (κ3) is 3.21. The minimum absolute atomic E-state index is 0.0182. The lowest BCUT2D eigenvalue weighted by atomic mass is 10.1. The molecule has 4 nitrogen and oxygen atoms in total. The van der Waals surface area contributed by atoms with E-state index in [4.69, 9.17) is 4.74 Å². The highest BCUT2D eigenvalue weighted by molar-refractivity contribution is 6.00. The number of aromatic nitrogens is 1. The quantitative estimate of drug-likeness (QED) is 0.782. The topological polar surface area (TPSA) is 45.3 Å². The number of aromatic amines is 1. The molecule has 0 atom stereocenters. The summed E-state index contributed by atoms with van der Waals surface area (Å²) in [7, 11) is 1.79. The zero-order valence-corrected chi connectivity index (χ0v) is 13.4. The number of rotatable bonds is 5. The first-order valence-electron chi connectivity index (χ1n) is 7.67. The Morgan fingerprint density at radius 1 is 1.09 bits per heavy atom. The number of fused-ring (bicyclic) bond motifs is 1. The molecule has 4 heteroatoms. The smallest absolute Gasteiger partial charge is 0.270 e. The van der Waals surface area contributed by atoms with Crippen molar-refractivity contribution in [3.63, 3.8) is 0 Å². The molecule has 1 amide bonds. The molecule has 0 fully saturated rings. The minimum atomic E-state index is -0.0182. The second-order valence-electron chi connectivity index (χ2n) is 5.56. The van der Waals surface area contributed by atoms with Crippen molar-refractivity contribution >= 4 is 16.8 Å². The molecular formula is C19H20N2O2. The molecule has 118 valence electrons. The average Bonchev–Trinajstić information content (AvgIpc) is 2.92. The SMILES string of the molecule is Cc1c(C(=O)N(C)CCOc2ccccc2)[nH]c2ccccc12. The van der Waals surface area contributed by atoms with Crippen LogP contribution in [0.2, 0.25) is 0 Å². The normalized spacial score (nSPS) is 10.7. The van der Waals surface area contributed by atoms with E-state index in [9.17, 15) is 4.79 Å². The van der Waals surface area contributed by atoms with Crippen LogP contribution in [-0.2, 0) is 0 Å². The number of likely N-dealkylation sites (N-methyl/N-ethyl adjacent to an activating group) is 1. The van der Waals surface area contributed by atoms with Crippen molar-refractivity contribution in [2.45, 2.75) is 6.92 Å². The first kappa shape index (κ1) is 15.2. The van der Waals surface area contributed by atoms with E-state index in [0.29, 0.717) is 18.8 Å². The standard InChI is InChI=1S/C19H20N2O2/c1-14-16-10-6-7-11-17(16)20-18(14)19(22)21(2)12-13-23-15-8-4-3-5-9-15/h3-11,20H,12-13H2,1-2H3. The summed E-state index contributed by atoms with van der Waals surface area (Å²) in [4.78, 5) is 17.5. The lowest BCUT2D eigenvalue weighted by Crippen LogP contribution is -2.31. The number of hydrogen-bond donors (Lipinski definition) is 1. The van der Waals surface area contributed by atoms with E-state index in [2.05, 4.69) is 4.98 Å². The molecule has 0 saturated heterocycles. The van der Waals surface area contributed by atoms with E-state index < -0.39 is 0 Å². The zero-order valence-electron chi connectivity index (χ0n) is 13.4. The van der Waals surface area contributed by atoms with Crippen molar-refractivity contribution in [1.29, 1.82) is 0 Å². The van der Waals surface area contributed by atoms with Crippen LogP contribution >= 0.6 is 0 Å². The highest BCUT2D eigenvalue weighted by Gasteiger charge is 2.18. The first-order chi connectivity index (χ1) is 11.2. The number of H-pyrrole nitrogens is 1. The van der Waals surface area contributed by atoms with Gasteiger partial charge in [0.05, 0.1) is 6.54 Å². The van der Waals surface area contributed by atoms with Crippen LogP contribution in [0.25, 0.3) is 10.9 Å². The van der Waals surface area contributed by atoms with Gasteiger partial charge in [0.1, 0.15) is 18.1 Å². The van der Waals surface area contributed by atoms with Gasteiger partial charge in [-0.3, -0.25) is 4.79 Å². The summed E-state index contributed by atoms with van der Waals surface area (Å²) < 4.78 is 5.65. The van der Waals surface area contributed by atoms with Crippen LogP contribution in [0.15, 0.2) is 54.6 Å². The Bertz CT molecular complexity index is 809. The van der Waals surface area contributed by atoms with Gasteiger partial charge in [-0.15, -0.1) is 0 Å². The van der Waals surface area contributed by atoms with Gasteiger partial charge in [-0.1, -0.05) is 36.4 Å². The van der Waals surface area contributed by atoms with Crippen LogP contribution in [0.4, 0.5) is 0 Å². The number of hydrogen-bond acceptors (Lipinski definition) is 2. The first-order valence-corrected chi connectivity index (χ1v) is 7.67. The minimum Gasteiger partial charge on any atom is -0.492 e. The number of nitrogens with zero attached hydrogens (tertiary/aromatic N) is 1. The summed E-state index contributed by atoms with van der Waals surface area (Å²) in [5, 5.41) is 1.09. The van der Waals surface area contributed by atoms with Crippen LogP contribution in [0, 0.1) is 6.92 Å². The third-order valence-corrected chi connectivity index (χ3v) is 3.96. The number of carbonyl (C=O) groups is 1. The molecule has 0 aliphatic carbocycles. The van der Waals surface area contributed by atoms with Crippen molar-refractivity contribution in [3.8, 4) is 5.75 Å². The highest BCUT2D eigenvalue weighted by atomic mass is 16.5. The van der Waals surface area contributed by atoms with Crippen molar-refractivity contribution in [3.05, 3.63) is 65.9 Å². The summed E-state index contributed by atoms with van der Waals surface area (Å²) in [5.74, 6) is 0.797. The van der Waals surface area contributed by atoms with E-state index in [1.807, 2.05) is 61.5 Å². The molecule has 0 aliphatic rings. The largest absolute Gasteiger partial charge is 0.492 e. The van der Waals surface area contributed by atoms with Gasteiger partial charge < -0.3 is 14.6 Å².